The summed E-state index contributed by atoms with van der Waals surface area (Å²) in [4.78, 5) is 0. The molecule has 1 N–H and O–H groups in total. The number of rotatable bonds is 2. The second kappa shape index (κ2) is 6.26. The maximum atomic E-state index is 10.8. The van der Waals surface area contributed by atoms with Gasteiger partial charge in [-0.15, -0.1) is 0 Å². The van der Waals surface area contributed by atoms with Crippen LogP contribution in [0.15, 0.2) is 78.9 Å². The van der Waals surface area contributed by atoms with Crippen molar-refractivity contribution in [2.24, 2.45) is 5.92 Å². The van der Waals surface area contributed by atoms with E-state index in [9.17, 15) is 5.11 Å². The summed E-state index contributed by atoms with van der Waals surface area (Å²) < 4.78 is 0. The molecule has 4 aromatic rings. The second-order valence-electron chi connectivity index (χ2n) is 7.44. The zero-order valence-corrected chi connectivity index (χ0v) is 14.7. The average molecular weight is 338 g/mol. The Hall–Kier alpha value is -2.64. The van der Waals surface area contributed by atoms with Crippen LogP contribution in [-0.4, -0.2) is 5.11 Å². The Kier molecular flexibility index (Phi) is 3.76. The molecule has 0 heterocycles. The van der Waals surface area contributed by atoms with Crippen LogP contribution in [0.25, 0.3) is 21.5 Å². The van der Waals surface area contributed by atoms with Gasteiger partial charge in [0, 0.05) is 0 Å². The number of benzene rings is 4. The molecule has 0 radical (unpaired) electrons. The van der Waals surface area contributed by atoms with Gasteiger partial charge in [-0.2, -0.15) is 0 Å². The minimum atomic E-state index is -0.378. The molecule has 4 aromatic carbocycles. The fourth-order valence-electron chi connectivity index (χ4n) is 4.59. The maximum absolute atomic E-state index is 10.8. The molecular formula is C25H22O. The topological polar surface area (TPSA) is 20.2 Å². The molecule has 1 aliphatic rings. The molecule has 0 aliphatic heterocycles. The van der Waals surface area contributed by atoms with Crippen LogP contribution in [0.4, 0.5) is 0 Å². The highest BCUT2D eigenvalue weighted by atomic mass is 16.3. The second-order valence-corrected chi connectivity index (χ2v) is 7.44. The molecule has 0 saturated carbocycles. The number of hydrogen-bond acceptors (Lipinski definition) is 1. The predicted molar refractivity (Wildman–Crippen MR) is 108 cm³/mol. The molecular weight excluding hydrogens is 316 g/mol. The van der Waals surface area contributed by atoms with Crippen molar-refractivity contribution in [2.75, 3.05) is 0 Å². The quantitative estimate of drug-likeness (QED) is 0.456. The fraction of sp³-hybridized carbons (Fsp3) is 0.200. The van der Waals surface area contributed by atoms with Gasteiger partial charge in [-0.1, -0.05) is 78.9 Å². The van der Waals surface area contributed by atoms with E-state index in [1.807, 2.05) is 30.3 Å². The number of aliphatic hydroxyl groups is 1. The summed E-state index contributed by atoms with van der Waals surface area (Å²) in [6, 6.07) is 27.8. The molecule has 5 rings (SSSR count). The first-order valence-corrected chi connectivity index (χ1v) is 9.46. The molecule has 1 aliphatic carbocycles. The first-order chi connectivity index (χ1) is 12.8. The third-order valence-electron chi connectivity index (χ3n) is 5.97. The molecule has 1 nitrogen and oxygen atoms in total. The highest BCUT2D eigenvalue weighted by Gasteiger charge is 2.27. The van der Waals surface area contributed by atoms with Crippen LogP contribution >= 0.6 is 0 Å². The Morgan fingerprint density at radius 1 is 0.731 bits per heavy atom. The maximum Gasteiger partial charge on any atom is 0.0821 e. The summed E-state index contributed by atoms with van der Waals surface area (Å²) in [5.74, 6) is 0.294. The summed E-state index contributed by atoms with van der Waals surface area (Å²) in [6.45, 7) is 0. The number of fused-ring (bicyclic) bond motifs is 5. The third-order valence-corrected chi connectivity index (χ3v) is 5.97. The van der Waals surface area contributed by atoms with Gasteiger partial charge in [0.05, 0.1) is 6.10 Å². The molecule has 0 bridgehead atoms. The fourth-order valence-corrected chi connectivity index (χ4v) is 4.59. The monoisotopic (exact) mass is 338 g/mol. The minimum absolute atomic E-state index is 0.294. The van der Waals surface area contributed by atoms with Crippen LogP contribution < -0.4 is 0 Å². The summed E-state index contributed by atoms with van der Waals surface area (Å²) in [6.07, 6.45) is 2.65. The van der Waals surface area contributed by atoms with E-state index in [1.165, 1.54) is 32.7 Å². The molecule has 0 saturated heterocycles. The molecule has 26 heavy (non-hydrogen) atoms. The first kappa shape index (κ1) is 15.6. The van der Waals surface area contributed by atoms with Gasteiger partial charge in [-0.05, 0) is 63.4 Å². The molecule has 0 spiro atoms. The molecule has 2 atom stereocenters. The van der Waals surface area contributed by atoms with Crippen molar-refractivity contribution in [3.8, 4) is 0 Å². The first-order valence-electron chi connectivity index (χ1n) is 9.46. The summed E-state index contributed by atoms with van der Waals surface area (Å²) >= 11 is 0. The van der Waals surface area contributed by atoms with Crippen LogP contribution in [-0.2, 0) is 12.8 Å². The lowest BCUT2D eigenvalue weighted by molar-refractivity contribution is 0.0996. The van der Waals surface area contributed by atoms with Crippen molar-refractivity contribution in [3.63, 3.8) is 0 Å². The van der Waals surface area contributed by atoms with Crippen molar-refractivity contribution in [1.82, 2.24) is 0 Å². The highest BCUT2D eigenvalue weighted by Crippen LogP contribution is 2.38. The van der Waals surface area contributed by atoms with Crippen molar-refractivity contribution in [2.45, 2.75) is 25.4 Å². The van der Waals surface area contributed by atoms with E-state index in [-0.39, 0.29) is 6.10 Å². The third kappa shape index (κ3) is 2.51. The van der Waals surface area contributed by atoms with Crippen LogP contribution in [0.3, 0.4) is 0 Å². The Balaban J connectivity index is 1.55. The average Bonchev–Trinajstić information content (AvgIpc) is 2.73. The smallest absolute Gasteiger partial charge is 0.0821 e. The predicted octanol–water partition coefficient (Wildman–Crippen LogP) is 5.83. The van der Waals surface area contributed by atoms with Crippen LogP contribution in [0, 0.1) is 5.92 Å². The van der Waals surface area contributed by atoms with E-state index in [0.29, 0.717) is 5.92 Å². The molecule has 0 aromatic heterocycles. The number of aryl methyl sites for hydroxylation is 1. The Morgan fingerprint density at radius 3 is 2.38 bits per heavy atom. The lowest BCUT2D eigenvalue weighted by Crippen LogP contribution is -2.21. The van der Waals surface area contributed by atoms with Crippen molar-refractivity contribution < 1.29 is 5.11 Å². The van der Waals surface area contributed by atoms with Crippen molar-refractivity contribution in [1.29, 1.82) is 0 Å². The van der Waals surface area contributed by atoms with E-state index in [1.54, 1.807) is 0 Å². The highest BCUT2D eigenvalue weighted by molar-refractivity contribution is 6.08. The van der Waals surface area contributed by atoms with Gasteiger partial charge in [-0.25, -0.2) is 0 Å². The largest absolute Gasteiger partial charge is 0.388 e. The van der Waals surface area contributed by atoms with Gasteiger partial charge in [0.2, 0.25) is 0 Å². The summed E-state index contributed by atoms with van der Waals surface area (Å²) in [5, 5.41) is 16.2. The Labute approximate surface area is 153 Å². The van der Waals surface area contributed by atoms with Gasteiger partial charge in [0.1, 0.15) is 0 Å². The van der Waals surface area contributed by atoms with Gasteiger partial charge in [-0.3, -0.25) is 0 Å². The molecule has 0 fully saturated rings. The Bertz CT molecular complexity index is 1080. The van der Waals surface area contributed by atoms with Gasteiger partial charge < -0.3 is 5.11 Å². The normalized spacial score (nSPS) is 18.0. The van der Waals surface area contributed by atoms with E-state index in [2.05, 4.69) is 48.5 Å². The van der Waals surface area contributed by atoms with E-state index >= 15 is 0 Å². The Morgan fingerprint density at radius 2 is 1.50 bits per heavy atom. The van der Waals surface area contributed by atoms with Crippen LogP contribution in [0.1, 0.15) is 29.2 Å². The van der Waals surface area contributed by atoms with Crippen LogP contribution in [0.5, 0.6) is 0 Å². The van der Waals surface area contributed by atoms with Crippen molar-refractivity contribution in [3.05, 3.63) is 95.6 Å². The zero-order chi connectivity index (χ0) is 17.5. The van der Waals surface area contributed by atoms with Crippen LogP contribution in [0.2, 0.25) is 0 Å². The molecule has 128 valence electrons. The molecule has 1 heteroatoms. The lowest BCUT2D eigenvalue weighted by atomic mass is 9.77. The van der Waals surface area contributed by atoms with E-state index in [4.69, 9.17) is 0 Å². The summed E-state index contributed by atoms with van der Waals surface area (Å²) in [5.41, 5.74) is 3.91. The van der Waals surface area contributed by atoms with Crippen molar-refractivity contribution >= 4 is 21.5 Å². The number of aliphatic hydroxyl groups excluding tert-OH is 1. The van der Waals surface area contributed by atoms with Gasteiger partial charge in [0.25, 0.3) is 0 Å². The molecule has 2 unspecified atom stereocenters. The SMILES string of the molecule is OC(c1ccccc1)C1CCc2c(ccc3c2ccc2ccccc23)C1. The van der Waals surface area contributed by atoms with E-state index in [0.717, 1.165) is 24.8 Å². The summed E-state index contributed by atoms with van der Waals surface area (Å²) in [7, 11) is 0. The lowest BCUT2D eigenvalue weighted by Gasteiger charge is -2.29. The van der Waals surface area contributed by atoms with E-state index < -0.39 is 0 Å². The number of hydrogen-bond donors (Lipinski definition) is 1. The van der Waals surface area contributed by atoms with Gasteiger partial charge >= 0.3 is 0 Å². The zero-order valence-electron chi connectivity index (χ0n) is 14.7. The molecule has 0 amide bonds. The minimum Gasteiger partial charge on any atom is -0.388 e. The van der Waals surface area contributed by atoms with Gasteiger partial charge in [0.15, 0.2) is 0 Å². The standard InChI is InChI=1S/C25H22O/c26-25(18-7-2-1-3-8-18)20-12-13-22-19(16-20)11-15-23-21-9-5-4-6-17(21)10-14-24(22)23/h1-11,14-15,20,25-26H,12-13,16H2.